The minimum absolute atomic E-state index is 0.242. The third kappa shape index (κ3) is 3.94. The number of pyridine rings is 2. The van der Waals surface area contributed by atoms with Gasteiger partial charge in [-0.2, -0.15) is 0 Å². The molecule has 2 aliphatic rings. The molecular formula is C25H27FN6O. The monoisotopic (exact) mass is 446 g/mol. The summed E-state index contributed by atoms with van der Waals surface area (Å²) in [7, 11) is 0. The van der Waals surface area contributed by atoms with Crippen molar-refractivity contribution >= 4 is 16.6 Å². The molecule has 1 saturated heterocycles. The van der Waals surface area contributed by atoms with Crippen molar-refractivity contribution in [3.63, 3.8) is 0 Å². The van der Waals surface area contributed by atoms with Crippen LogP contribution in [-0.2, 0) is 0 Å². The number of aromatic nitrogens is 4. The Bertz CT molecular complexity index is 1330. The van der Waals surface area contributed by atoms with Crippen LogP contribution in [-0.4, -0.2) is 50.2 Å². The first-order valence-corrected chi connectivity index (χ1v) is 11.6. The zero-order valence-electron chi connectivity index (χ0n) is 18.6. The zero-order chi connectivity index (χ0) is 22.5. The number of likely N-dealkylation sites (tertiary alicyclic amines) is 1. The van der Waals surface area contributed by atoms with Crippen LogP contribution in [0.25, 0.3) is 28.1 Å². The Kier molecular flexibility index (Phi) is 4.99. The Balaban J connectivity index is 1.35. The highest BCUT2D eigenvalue weighted by molar-refractivity contribution is 5.82. The van der Waals surface area contributed by atoms with E-state index in [-0.39, 0.29) is 23.7 Å². The molecule has 8 heteroatoms. The van der Waals surface area contributed by atoms with E-state index in [1.807, 2.05) is 22.6 Å². The van der Waals surface area contributed by atoms with Crippen molar-refractivity contribution < 1.29 is 9.13 Å². The second-order valence-electron chi connectivity index (χ2n) is 9.36. The Morgan fingerprint density at radius 2 is 2.03 bits per heavy atom. The predicted molar refractivity (Wildman–Crippen MR) is 124 cm³/mol. The number of benzene rings is 1. The van der Waals surface area contributed by atoms with Crippen molar-refractivity contribution in [1.29, 1.82) is 0 Å². The fraction of sp³-hybridized carbons (Fsp3) is 0.400. The van der Waals surface area contributed by atoms with Gasteiger partial charge in [0.15, 0.2) is 23.0 Å². The lowest BCUT2D eigenvalue weighted by atomic mass is 10.1. The lowest BCUT2D eigenvalue weighted by molar-refractivity contribution is 0.259. The Labute approximate surface area is 191 Å². The minimum atomic E-state index is -0.356. The average molecular weight is 447 g/mol. The van der Waals surface area contributed by atoms with E-state index in [1.165, 1.54) is 11.6 Å². The molecule has 33 heavy (non-hydrogen) atoms. The van der Waals surface area contributed by atoms with E-state index >= 15 is 0 Å². The van der Waals surface area contributed by atoms with E-state index in [0.29, 0.717) is 29.6 Å². The van der Waals surface area contributed by atoms with Gasteiger partial charge >= 0.3 is 0 Å². The van der Waals surface area contributed by atoms with Gasteiger partial charge in [-0.05, 0) is 55.9 Å². The van der Waals surface area contributed by atoms with Gasteiger partial charge in [0.2, 0.25) is 0 Å². The van der Waals surface area contributed by atoms with Gasteiger partial charge in [0, 0.05) is 42.8 Å². The summed E-state index contributed by atoms with van der Waals surface area (Å²) in [6, 6.07) is 11.5. The van der Waals surface area contributed by atoms with E-state index < -0.39 is 0 Å². The maximum absolute atomic E-state index is 14.5. The summed E-state index contributed by atoms with van der Waals surface area (Å²) in [5.41, 5.74) is 9.40. The van der Waals surface area contributed by atoms with Gasteiger partial charge in [-0.1, -0.05) is 12.1 Å². The topological polar surface area (TPSA) is 81.6 Å². The molecule has 170 valence electrons. The van der Waals surface area contributed by atoms with Crippen LogP contribution in [0.1, 0.15) is 37.8 Å². The van der Waals surface area contributed by atoms with E-state index in [0.717, 1.165) is 43.4 Å². The molecule has 0 spiro atoms. The normalized spacial score (nSPS) is 20.0. The smallest absolute Gasteiger partial charge is 0.187 e. The maximum Gasteiger partial charge on any atom is 0.187 e. The molecule has 0 bridgehead atoms. The summed E-state index contributed by atoms with van der Waals surface area (Å²) in [6.07, 6.45) is 5.42. The van der Waals surface area contributed by atoms with Crippen LogP contribution in [0.15, 0.2) is 42.6 Å². The highest BCUT2D eigenvalue weighted by Gasteiger charge is 2.25. The molecule has 3 aromatic heterocycles. The van der Waals surface area contributed by atoms with Crippen molar-refractivity contribution in [2.75, 3.05) is 19.7 Å². The van der Waals surface area contributed by atoms with E-state index in [2.05, 4.69) is 34.3 Å². The van der Waals surface area contributed by atoms with Gasteiger partial charge in [0.05, 0.1) is 12.1 Å². The SMILES string of the molecule is C[C@@H](c1ccc2nnc(-c3ccc4cc(F)c(OCC5CC5)cc4n3)n2c1)N1CC[C@H](N)C1. The van der Waals surface area contributed by atoms with Crippen LogP contribution in [0.2, 0.25) is 0 Å². The molecule has 6 rings (SSSR count). The molecule has 2 atom stereocenters. The molecule has 1 aromatic carbocycles. The van der Waals surface area contributed by atoms with E-state index in [4.69, 9.17) is 15.5 Å². The van der Waals surface area contributed by atoms with Crippen LogP contribution in [0.5, 0.6) is 5.75 Å². The molecule has 2 N–H and O–H groups in total. The fourth-order valence-corrected chi connectivity index (χ4v) is 4.56. The highest BCUT2D eigenvalue weighted by atomic mass is 19.1. The largest absolute Gasteiger partial charge is 0.490 e. The van der Waals surface area contributed by atoms with Gasteiger partial charge in [0.25, 0.3) is 0 Å². The fourth-order valence-electron chi connectivity index (χ4n) is 4.56. The summed E-state index contributed by atoms with van der Waals surface area (Å²) in [5, 5.41) is 9.45. The number of rotatable bonds is 6. The molecule has 0 radical (unpaired) electrons. The number of nitrogens with two attached hydrogens (primary N) is 1. The summed E-state index contributed by atoms with van der Waals surface area (Å²) >= 11 is 0. The van der Waals surface area contributed by atoms with Crippen LogP contribution in [0, 0.1) is 11.7 Å². The van der Waals surface area contributed by atoms with Crippen LogP contribution in [0.3, 0.4) is 0 Å². The third-order valence-corrected chi connectivity index (χ3v) is 6.85. The average Bonchev–Trinajstić information content (AvgIpc) is 3.40. The first-order chi connectivity index (χ1) is 16.0. The number of halogens is 1. The molecule has 4 aromatic rings. The number of nitrogens with zero attached hydrogens (tertiary/aromatic N) is 5. The highest BCUT2D eigenvalue weighted by Crippen LogP contribution is 2.32. The molecule has 4 heterocycles. The zero-order valence-corrected chi connectivity index (χ0v) is 18.6. The lowest BCUT2D eigenvalue weighted by Gasteiger charge is -2.24. The molecule has 1 aliphatic heterocycles. The quantitative estimate of drug-likeness (QED) is 0.483. The molecule has 2 fully saturated rings. The molecular weight excluding hydrogens is 419 g/mol. The summed E-state index contributed by atoms with van der Waals surface area (Å²) in [5.74, 6) is 1.11. The van der Waals surface area contributed by atoms with Crippen LogP contribution < -0.4 is 10.5 Å². The first-order valence-electron chi connectivity index (χ1n) is 11.6. The van der Waals surface area contributed by atoms with Gasteiger partial charge in [0.1, 0.15) is 5.69 Å². The van der Waals surface area contributed by atoms with Crippen molar-refractivity contribution in [2.45, 2.75) is 38.3 Å². The maximum atomic E-state index is 14.5. The molecule has 1 saturated carbocycles. The molecule has 0 unspecified atom stereocenters. The number of hydrogen-bond donors (Lipinski definition) is 1. The Hall–Kier alpha value is -3.10. The molecule has 1 aliphatic carbocycles. The first kappa shape index (κ1) is 20.5. The van der Waals surface area contributed by atoms with E-state index in [9.17, 15) is 4.39 Å². The van der Waals surface area contributed by atoms with Crippen molar-refractivity contribution in [3.05, 3.63) is 54.0 Å². The van der Waals surface area contributed by atoms with Gasteiger partial charge in [-0.25, -0.2) is 9.37 Å². The molecule has 7 nitrogen and oxygen atoms in total. The van der Waals surface area contributed by atoms with Crippen molar-refractivity contribution in [3.8, 4) is 17.3 Å². The summed E-state index contributed by atoms with van der Waals surface area (Å²) in [6.45, 7) is 4.67. The number of fused-ring (bicyclic) bond motifs is 2. The van der Waals surface area contributed by atoms with Crippen molar-refractivity contribution in [1.82, 2.24) is 24.5 Å². The second-order valence-corrected chi connectivity index (χ2v) is 9.36. The summed E-state index contributed by atoms with van der Waals surface area (Å²) < 4.78 is 22.1. The van der Waals surface area contributed by atoms with Crippen molar-refractivity contribution in [2.24, 2.45) is 11.7 Å². The number of hydrogen-bond acceptors (Lipinski definition) is 6. The van der Waals surface area contributed by atoms with Gasteiger partial charge < -0.3 is 10.5 Å². The molecule has 0 amide bonds. The second kappa shape index (κ2) is 8.04. The standard InChI is InChI=1S/C25H27FN6O/c1-15(31-9-8-19(27)13-31)18-5-7-24-29-30-25(32(24)12-18)21-6-4-17-10-20(26)23(11-22(17)28-21)33-14-16-2-3-16/h4-7,10-12,15-16,19H,2-3,8-9,13-14,27H2,1H3/t15-,19-/m0/s1. The minimum Gasteiger partial charge on any atom is -0.490 e. The van der Waals surface area contributed by atoms with E-state index in [1.54, 1.807) is 6.07 Å². The van der Waals surface area contributed by atoms with Crippen LogP contribution in [0.4, 0.5) is 4.39 Å². The Morgan fingerprint density at radius 3 is 2.82 bits per heavy atom. The van der Waals surface area contributed by atoms with Gasteiger partial charge in [-0.15, -0.1) is 10.2 Å². The van der Waals surface area contributed by atoms with Crippen LogP contribution >= 0.6 is 0 Å². The van der Waals surface area contributed by atoms with Gasteiger partial charge in [-0.3, -0.25) is 9.30 Å². The number of ether oxygens (including phenoxy) is 1. The third-order valence-electron chi connectivity index (χ3n) is 6.85. The lowest BCUT2D eigenvalue weighted by Crippen LogP contribution is -2.28. The Morgan fingerprint density at radius 1 is 1.15 bits per heavy atom. The summed E-state index contributed by atoms with van der Waals surface area (Å²) in [4.78, 5) is 7.18. The predicted octanol–water partition coefficient (Wildman–Crippen LogP) is 3.97.